The van der Waals surface area contributed by atoms with Crippen LogP contribution < -0.4 is 20.7 Å². The van der Waals surface area contributed by atoms with Crippen molar-refractivity contribution in [2.24, 2.45) is 0 Å². The molecule has 2 aromatic rings. The molecule has 0 aliphatic carbocycles. The van der Waals surface area contributed by atoms with E-state index in [1.807, 2.05) is 24.3 Å². The maximum absolute atomic E-state index is 9.39. The molecule has 0 spiro atoms. The number of anilines is 1. The van der Waals surface area contributed by atoms with E-state index in [0.717, 1.165) is 42.6 Å². The summed E-state index contributed by atoms with van der Waals surface area (Å²) < 4.78 is 10.2. The van der Waals surface area contributed by atoms with Crippen molar-refractivity contribution in [2.45, 2.75) is 12.8 Å². The Bertz CT molecular complexity index is 807. The highest BCUT2D eigenvalue weighted by atomic mass is 32.1. The van der Waals surface area contributed by atoms with E-state index in [9.17, 15) is 5.26 Å². The van der Waals surface area contributed by atoms with E-state index in [4.69, 9.17) is 21.7 Å². The number of nitriles is 1. The zero-order valence-corrected chi connectivity index (χ0v) is 16.5. The number of ether oxygens (including phenoxy) is 2. The van der Waals surface area contributed by atoms with Crippen LogP contribution in [0.4, 0.5) is 5.82 Å². The second kappa shape index (κ2) is 11.2. The molecule has 144 valence electrons. The van der Waals surface area contributed by atoms with Crippen LogP contribution >= 0.6 is 12.2 Å². The lowest BCUT2D eigenvalue weighted by Gasteiger charge is -2.12. The number of fused-ring (bicyclic) bond motifs is 1. The number of nitrogens with one attached hydrogen (secondary N) is 3. The van der Waals surface area contributed by atoms with Gasteiger partial charge in [0.05, 0.1) is 18.2 Å². The Hall–Kier alpha value is -2.63. The van der Waals surface area contributed by atoms with E-state index < -0.39 is 0 Å². The molecule has 0 aliphatic rings. The monoisotopic (exact) mass is 387 g/mol. The summed E-state index contributed by atoms with van der Waals surface area (Å²) in [6.45, 7) is 2.92. The van der Waals surface area contributed by atoms with Gasteiger partial charge in [-0.25, -0.2) is 4.98 Å². The van der Waals surface area contributed by atoms with Gasteiger partial charge in [-0.1, -0.05) is 0 Å². The molecule has 7 nitrogen and oxygen atoms in total. The molecule has 1 aromatic carbocycles. The lowest BCUT2D eigenvalue weighted by molar-refractivity contribution is 0.195. The molecule has 0 atom stereocenters. The highest BCUT2D eigenvalue weighted by Crippen LogP contribution is 2.23. The average molecular weight is 388 g/mol. The number of rotatable bonds is 10. The predicted octanol–water partition coefficient (Wildman–Crippen LogP) is 2.42. The second-order valence-electron chi connectivity index (χ2n) is 5.86. The quantitative estimate of drug-likeness (QED) is 0.423. The zero-order valence-electron chi connectivity index (χ0n) is 15.7. The third-order valence-electron chi connectivity index (χ3n) is 3.88. The van der Waals surface area contributed by atoms with E-state index in [0.29, 0.717) is 29.6 Å². The second-order valence-corrected chi connectivity index (χ2v) is 6.27. The molecule has 0 radical (unpaired) electrons. The first kappa shape index (κ1) is 20.7. The van der Waals surface area contributed by atoms with Gasteiger partial charge in [-0.2, -0.15) is 5.26 Å². The van der Waals surface area contributed by atoms with Crippen LogP contribution in [0.25, 0.3) is 10.9 Å². The van der Waals surface area contributed by atoms with Gasteiger partial charge in [0.1, 0.15) is 17.6 Å². The van der Waals surface area contributed by atoms with Crippen LogP contribution in [0.3, 0.4) is 0 Å². The Labute approximate surface area is 165 Å². The third kappa shape index (κ3) is 6.55. The van der Waals surface area contributed by atoms with Crippen molar-refractivity contribution in [1.82, 2.24) is 15.6 Å². The molecule has 0 fully saturated rings. The maximum atomic E-state index is 9.39. The molecule has 0 unspecified atom stereocenters. The van der Waals surface area contributed by atoms with E-state index >= 15 is 0 Å². The molecular formula is C19H25N5O2S. The van der Waals surface area contributed by atoms with E-state index in [-0.39, 0.29) is 0 Å². The fourth-order valence-electron chi connectivity index (χ4n) is 2.48. The van der Waals surface area contributed by atoms with E-state index in [1.165, 1.54) is 0 Å². The fourth-order valence-corrected chi connectivity index (χ4v) is 2.68. The van der Waals surface area contributed by atoms with Gasteiger partial charge in [-0.15, -0.1) is 0 Å². The van der Waals surface area contributed by atoms with Gasteiger partial charge in [0.25, 0.3) is 0 Å². The molecule has 8 heteroatoms. The highest BCUT2D eigenvalue weighted by Gasteiger charge is 2.07. The lowest BCUT2D eigenvalue weighted by Crippen LogP contribution is -2.37. The molecule has 1 aromatic heterocycles. The summed E-state index contributed by atoms with van der Waals surface area (Å²) in [7, 11) is 3.30. The molecule has 0 saturated heterocycles. The summed E-state index contributed by atoms with van der Waals surface area (Å²) >= 11 is 5.21. The molecular weight excluding hydrogens is 362 g/mol. The van der Waals surface area contributed by atoms with Crippen molar-refractivity contribution in [3.63, 3.8) is 0 Å². The van der Waals surface area contributed by atoms with Gasteiger partial charge in [0.2, 0.25) is 0 Å². The Morgan fingerprint density at radius 1 is 1.15 bits per heavy atom. The SMILES string of the molecule is COCCCNC(=S)NCCCNc1nc2ccc(OC)cc2cc1C#N. The number of aromatic nitrogens is 1. The summed E-state index contributed by atoms with van der Waals surface area (Å²) in [5.74, 6) is 1.34. The molecule has 3 N–H and O–H groups in total. The summed E-state index contributed by atoms with van der Waals surface area (Å²) in [6, 6.07) is 9.63. The van der Waals surface area contributed by atoms with Crippen LogP contribution in [-0.4, -0.2) is 50.6 Å². The van der Waals surface area contributed by atoms with Crippen molar-refractivity contribution in [2.75, 3.05) is 45.8 Å². The summed E-state index contributed by atoms with van der Waals surface area (Å²) in [6.07, 6.45) is 1.75. The van der Waals surface area contributed by atoms with E-state index in [1.54, 1.807) is 14.2 Å². The van der Waals surface area contributed by atoms with Gasteiger partial charge in [-0.3, -0.25) is 0 Å². The zero-order chi connectivity index (χ0) is 19.5. The van der Waals surface area contributed by atoms with Crippen LogP contribution in [-0.2, 0) is 4.74 Å². The first-order valence-electron chi connectivity index (χ1n) is 8.81. The molecule has 0 saturated carbocycles. The standard InChI is InChI=1S/C19H25N5O2S/c1-25-10-4-9-23-19(27)22-8-3-7-21-18-15(13-20)11-14-12-16(26-2)5-6-17(14)24-18/h5-6,11-12H,3-4,7-10H2,1-2H3,(H,21,24)(H2,22,23,27). The van der Waals surface area contributed by atoms with Crippen molar-refractivity contribution >= 4 is 34.1 Å². The van der Waals surface area contributed by atoms with Crippen molar-refractivity contribution < 1.29 is 9.47 Å². The van der Waals surface area contributed by atoms with Gasteiger partial charge < -0.3 is 25.4 Å². The van der Waals surface area contributed by atoms with Crippen LogP contribution in [0, 0.1) is 11.3 Å². The Morgan fingerprint density at radius 2 is 1.93 bits per heavy atom. The van der Waals surface area contributed by atoms with Crippen LogP contribution in [0.5, 0.6) is 5.75 Å². The molecule has 1 heterocycles. The predicted molar refractivity (Wildman–Crippen MR) is 111 cm³/mol. The summed E-state index contributed by atoms with van der Waals surface area (Å²) in [5, 5.41) is 20.4. The number of thiocarbonyl (C=S) groups is 1. The molecule has 0 aliphatic heterocycles. The van der Waals surface area contributed by atoms with Crippen molar-refractivity contribution in [3.05, 3.63) is 29.8 Å². The summed E-state index contributed by atoms with van der Waals surface area (Å²) in [5.41, 5.74) is 1.33. The highest BCUT2D eigenvalue weighted by molar-refractivity contribution is 7.80. The Kier molecular flexibility index (Phi) is 8.55. The topological polar surface area (TPSA) is 91.2 Å². The van der Waals surface area contributed by atoms with Crippen molar-refractivity contribution in [3.8, 4) is 11.8 Å². The normalized spacial score (nSPS) is 10.3. The van der Waals surface area contributed by atoms with Gasteiger partial charge in [-0.05, 0) is 49.3 Å². The minimum absolute atomic E-state index is 0.513. The molecule has 2 rings (SSSR count). The fraction of sp³-hybridized carbons (Fsp3) is 0.421. The number of hydrogen-bond donors (Lipinski definition) is 3. The largest absolute Gasteiger partial charge is 0.497 e. The van der Waals surface area contributed by atoms with Gasteiger partial charge in [0.15, 0.2) is 5.11 Å². The number of nitrogens with zero attached hydrogens (tertiary/aromatic N) is 2. The molecule has 0 bridgehead atoms. The van der Waals surface area contributed by atoms with Crippen LogP contribution in [0.2, 0.25) is 0 Å². The van der Waals surface area contributed by atoms with E-state index in [2.05, 4.69) is 27.0 Å². The van der Waals surface area contributed by atoms with Crippen molar-refractivity contribution in [1.29, 1.82) is 5.26 Å². The average Bonchev–Trinajstić information content (AvgIpc) is 2.69. The number of pyridine rings is 1. The van der Waals surface area contributed by atoms with Gasteiger partial charge >= 0.3 is 0 Å². The van der Waals surface area contributed by atoms with Crippen LogP contribution in [0.15, 0.2) is 24.3 Å². The summed E-state index contributed by atoms with van der Waals surface area (Å²) in [4.78, 5) is 4.55. The number of benzene rings is 1. The maximum Gasteiger partial charge on any atom is 0.166 e. The molecule has 0 amide bonds. The molecule has 27 heavy (non-hydrogen) atoms. The number of methoxy groups -OCH3 is 2. The third-order valence-corrected chi connectivity index (χ3v) is 4.17. The Morgan fingerprint density at radius 3 is 2.63 bits per heavy atom. The van der Waals surface area contributed by atoms with Gasteiger partial charge in [0, 0.05) is 38.7 Å². The minimum atomic E-state index is 0.513. The lowest BCUT2D eigenvalue weighted by atomic mass is 10.1. The minimum Gasteiger partial charge on any atom is -0.497 e. The smallest absolute Gasteiger partial charge is 0.166 e. The first-order valence-corrected chi connectivity index (χ1v) is 9.22. The number of hydrogen-bond acceptors (Lipinski definition) is 6. The van der Waals surface area contributed by atoms with Crippen LogP contribution in [0.1, 0.15) is 18.4 Å². The first-order chi connectivity index (χ1) is 13.2. The Balaban J connectivity index is 1.81.